The van der Waals surface area contributed by atoms with E-state index in [2.05, 4.69) is 11.3 Å². The van der Waals surface area contributed by atoms with E-state index < -0.39 is 23.8 Å². The Hall–Kier alpha value is -1.78. The summed E-state index contributed by atoms with van der Waals surface area (Å²) >= 11 is 0. The van der Waals surface area contributed by atoms with Gasteiger partial charge in [-0.25, -0.2) is 0 Å². The van der Waals surface area contributed by atoms with E-state index in [1.807, 2.05) is 0 Å². The van der Waals surface area contributed by atoms with Crippen LogP contribution in [-0.4, -0.2) is 12.1 Å². The number of halogens is 3. The number of ether oxygens (including phenoxy) is 1. The van der Waals surface area contributed by atoms with Gasteiger partial charge in [0.25, 0.3) is 0 Å². The molecule has 1 atom stereocenters. The van der Waals surface area contributed by atoms with Crippen LogP contribution in [0.1, 0.15) is 18.6 Å². The predicted octanol–water partition coefficient (Wildman–Crippen LogP) is 3.41. The van der Waals surface area contributed by atoms with Gasteiger partial charge in [-0.15, -0.1) is 0 Å². The molecule has 0 aliphatic rings. The van der Waals surface area contributed by atoms with Crippen molar-refractivity contribution in [2.75, 3.05) is 0 Å². The molecule has 1 aromatic rings. The third-order valence-electron chi connectivity index (χ3n) is 2.07. The second-order valence-electron chi connectivity index (χ2n) is 3.42. The number of benzene rings is 1. The van der Waals surface area contributed by atoms with Crippen molar-refractivity contribution in [3.63, 3.8) is 0 Å². The molecule has 2 nitrogen and oxygen atoms in total. The second-order valence-corrected chi connectivity index (χ2v) is 3.42. The maximum Gasteiger partial charge on any atom is 0.416 e. The molecule has 0 radical (unpaired) electrons. The highest BCUT2D eigenvalue weighted by Gasteiger charge is 2.39. The van der Waals surface area contributed by atoms with Crippen molar-refractivity contribution < 1.29 is 22.7 Å². The summed E-state index contributed by atoms with van der Waals surface area (Å²) < 4.78 is 42.3. The Morgan fingerprint density at radius 2 is 1.82 bits per heavy atom. The number of esters is 1. The van der Waals surface area contributed by atoms with Crippen LogP contribution < -0.4 is 0 Å². The molecule has 1 rings (SSSR count). The number of hydrogen-bond donors (Lipinski definition) is 0. The Kier molecular flexibility index (Phi) is 3.93. The molecule has 1 aromatic carbocycles. The summed E-state index contributed by atoms with van der Waals surface area (Å²) in [6.45, 7) is 4.01. The normalized spacial score (nSPS) is 12.9. The van der Waals surface area contributed by atoms with E-state index in [0.717, 1.165) is 6.92 Å². The molecule has 0 bridgehead atoms. The van der Waals surface area contributed by atoms with Gasteiger partial charge in [0.15, 0.2) is 6.10 Å². The van der Waals surface area contributed by atoms with E-state index in [1.165, 1.54) is 12.1 Å². The fraction of sp³-hybridized carbons (Fsp3) is 0.250. The van der Waals surface area contributed by atoms with Crippen molar-refractivity contribution in [1.29, 1.82) is 0 Å². The van der Waals surface area contributed by atoms with Crippen molar-refractivity contribution in [3.05, 3.63) is 48.0 Å². The first-order valence-corrected chi connectivity index (χ1v) is 4.80. The van der Waals surface area contributed by atoms with Gasteiger partial charge in [0.1, 0.15) is 0 Å². The van der Waals surface area contributed by atoms with E-state index in [-0.39, 0.29) is 5.56 Å². The molecule has 1 unspecified atom stereocenters. The van der Waals surface area contributed by atoms with Gasteiger partial charge in [0.05, 0.1) is 5.57 Å². The number of rotatable bonds is 3. The predicted molar refractivity (Wildman–Crippen MR) is 56.1 cm³/mol. The Bertz CT molecular complexity index is 410. The number of carbonyl (C=O) groups is 1. The topological polar surface area (TPSA) is 26.3 Å². The van der Waals surface area contributed by atoms with E-state index in [1.54, 1.807) is 18.2 Å². The number of alkyl halides is 3. The Morgan fingerprint density at radius 1 is 1.29 bits per heavy atom. The molecule has 0 aliphatic heterocycles. The molecule has 0 saturated carbocycles. The van der Waals surface area contributed by atoms with Crippen molar-refractivity contribution in [2.24, 2.45) is 0 Å². The lowest BCUT2D eigenvalue weighted by Crippen LogP contribution is -2.21. The summed E-state index contributed by atoms with van der Waals surface area (Å²) in [5, 5.41) is 0. The van der Waals surface area contributed by atoms with Crippen LogP contribution in [0.15, 0.2) is 42.5 Å². The fourth-order valence-corrected chi connectivity index (χ4v) is 1.28. The highest BCUT2D eigenvalue weighted by atomic mass is 19.4. The maximum atomic E-state index is 12.5. The lowest BCUT2D eigenvalue weighted by atomic mass is 10.0. The van der Waals surface area contributed by atoms with Gasteiger partial charge in [-0.1, -0.05) is 36.9 Å². The second kappa shape index (κ2) is 5.03. The minimum Gasteiger partial charge on any atom is -0.453 e. The Labute approximate surface area is 96.7 Å². The zero-order chi connectivity index (χ0) is 13.1. The van der Waals surface area contributed by atoms with Crippen LogP contribution in [0, 0.1) is 0 Å². The molecular weight excluding hydrogens is 233 g/mol. The lowest BCUT2D eigenvalue weighted by Gasteiger charge is -2.21. The molecular formula is C12H11F3O2. The fourth-order valence-electron chi connectivity index (χ4n) is 1.28. The van der Waals surface area contributed by atoms with Crippen LogP contribution in [0.25, 0.3) is 0 Å². The Balaban J connectivity index is 3.05. The third kappa shape index (κ3) is 3.62. The molecule has 0 fully saturated rings. The zero-order valence-electron chi connectivity index (χ0n) is 9.12. The summed E-state index contributed by atoms with van der Waals surface area (Å²) in [6, 6.07) is 7.69. The summed E-state index contributed by atoms with van der Waals surface area (Å²) in [4.78, 5) is 10.8. The molecule has 5 heteroatoms. The largest absolute Gasteiger partial charge is 0.453 e. The van der Waals surface area contributed by atoms with Gasteiger partial charge in [0, 0.05) is 6.92 Å². The average Bonchev–Trinajstić information content (AvgIpc) is 2.24. The van der Waals surface area contributed by atoms with Crippen LogP contribution in [-0.2, 0) is 9.53 Å². The van der Waals surface area contributed by atoms with Gasteiger partial charge in [-0.2, -0.15) is 13.2 Å². The van der Waals surface area contributed by atoms with Crippen LogP contribution in [0.3, 0.4) is 0 Å². The van der Waals surface area contributed by atoms with Crippen molar-refractivity contribution in [3.8, 4) is 0 Å². The molecule has 0 amide bonds. The van der Waals surface area contributed by atoms with Crippen LogP contribution >= 0.6 is 0 Å². The average molecular weight is 244 g/mol. The SMILES string of the molecule is C=C(C(OC(C)=O)c1ccccc1)C(F)(F)F. The molecule has 0 spiro atoms. The quantitative estimate of drug-likeness (QED) is 0.601. The van der Waals surface area contributed by atoms with Gasteiger partial charge < -0.3 is 4.74 Å². The van der Waals surface area contributed by atoms with E-state index in [0.29, 0.717) is 0 Å². The third-order valence-corrected chi connectivity index (χ3v) is 2.07. The molecule has 0 saturated heterocycles. The minimum atomic E-state index is -4.60. The van der Waals surface area contributed by atoms with E-state index in [4.69, 9.17) is 0 Å². The standard InChI is InChI=1S/C12H11F3O2/c1-8(12(13,14)15)11(17-9(2)16)10-6-4-3-5-7-10/h3-7,11H,1H2,2H3. The molecule has 17 heavy (non-hydrogen) atoms. The monoisotopic (exact) mass is 244 g/mol. The first kappa shape index (κ1) is 13.3. The summed E-state index contributed by atoms with van der Waals surface area (Å²) in [5.41, 5.74) is -0.857. The minimum absolute atomic E-state index is 0.241. The van der Waals surface area contributed by atoms with Crippen molar-refractivity contribution >= 4 is 5.97 Å². The highest BCUT2D eigenvalue weighted by molar-refractivity contribution is 5.66. The summed E-state index contributed by atoms with van der Waals surface area (Å²) in [6.07, 6.45) is -6.09. The van der Waals surface area contributed by atoms with Gasteiger partial charge >= 0.3 is 12.1 Å². The first-order chi connectivity index (χ1) is 7.82. The number of hydrogen-bond acceptors (Lipinski definition) is 2. The van der Waals surface area contributed by atoms with Crippen LogP contribution in [0.4, 0.5) is 13.2 Å². The smallest absolute Gasteiger partial charge is 0.416 e. The van der Waals surface area contributed by atoms with Crippen LogP contribution in [0.2, 0.25) is 0 Å². The van der Waals surface area contributed by atoms with Gasteiger partial charge in [-0.3, -0.25) is 4.79 Å². The highest BCUT2D eigenvalue weighted by Crippen LogP contribution is 2.36. The summed E-state index contributed by atoms with van der Waals surface area (Å²) in [5.74, 6) is -0.788. The lowest BCUT2D eigenvalue weighted by molar-refractivity contribution is -0.150. The van der Waals surface area contributed by atoms with Crippen LogP contribution in [0.5, 0.6) is 0 Å². The van der Waals surface area contributed by atoms with Gasteiger partial charge in [0.2, 0.25) is 0 Å². The molecule has 0 heterocycles. The van der Waals surface area contributed by atoms with E-state index in [9.17, 15) is 18.0 Å². The summed E-state index contributed by atoms with van der Waals surface area (Å²) in [7, 11) is 0. The van der Waals surface area contributed by atoms with E-state index >= 15 is 0 Å². The first-order valence-electron chi connectivity index (χ1n) is 4.80. The van der Waals surface area contributed by atoms with Crippen molar-refractivity contribution in [2.45, 2.75) is 19.2 Å². The number of carbonyl (C=O) groups excluding carboxylic acids is 1. The van der Waals surface area contributed by atoms with Gasteiger partial charge in [-0.05, 0) is 5.56 Å². The molecule has 0 aromatic heterocycles. The van der Waals surface area contributed by atoms with Crippen molar-refractivity contribution in [1.82, 2.24) is 0 Å². The molecule has 0 aliphatic carbocycles. The zero-order valence-corrected chi connectivity index (χ0v) is 9.12. The molecule has 92 valence electrons. The maximum absolute atomic E-state index is 12.5. The Morgan fingerprint density at radius 3 is 2.24 bits per heavy atom. The molecule has 0 N–H and O–H groups in total.